The lowest BCUT2D eigenvalue weighted by Crippen LogP contribution is -2.47. The highest BCUT2D eigenvalue weighted by Crippen LogP contribution is 2.35. The van der Waals surface area contributed by atoms with Gasteiger partial charge in [-0.2, -0.15) is 0 Å². The quantitative estimate of drug-likeness (QED) is 0.497. The lowest BCUT2D eigenvalue weighted by atomic mass is 9.96. The number of carboxylic acids is 1. The summed E-state index contributed by atoms with van der Waals surface area (Å²) in [5, 5.41) is 12.3. The van der Waals surface area contributed by atoms with Crippen LogP contribution in [-0.4, -0.2) is 40.5 Å². The summed E-state index contributed by atoms with van der Waals surface area (Å²) >= 11 is 14.2. The molecule has 1 aliphatic rings. The second-order valence-corrected chi connectivity index (χ2v) is 8.97. The van der Waals surface area contributed by atoms with Gasteiger partial charge in [0.2, 0.25) is 0 Å². The fourth-order valence-electron chi connectivity index (χ4n) is 3.55. The minimum Gasteiger partial charge on any atom is -0.479 e. The van der Waals surface area contributed by atoms with Crippen LogP contribution in [0, 0.1) is 0 Å². The van der Waals surface area contributed by atoms with Crippen molar-refractivity contribution >= 4 is 62.4 Å². The first-order valence-corrected chi connectivity index (χ1v) is 10.9. The molecule has 3 aromatic rings. The normalized spacial score (nSPS) is 14.2. The van der Waals surface area contributed by atoms with Crippen molar-refractivity contribution in [1.82, 2.24) is 10.2 Å². The molecule has 2 heterocycles. The second kappa shape index (κ2) is 8.47. The van der Waals surface area contributed by atoms with Gasteiger partial charge in [0.15, 0.2) is 6.17 Å². The molecule has 0 saturated heterocycles. The molecule has 4 N–H and O–H groups in total. The van der Waals surface area contributed by atoms with Gasteiger partial charge in [0.25, 0.3) is 11.8 Å². The zero-order valence-corrected chi connectivity index (χ0v) is 18.4. The fraction of sp³-hybridized carbons (Fsp3) is 0.190. The van der Waals surface area contributed by atoms with Crippen LogP contribution < -0.4 is 11.1 Å². The molecule has 1 atom stereocenters. The molecular formula is C21H17Cl2N3O4S. The van der Waals surface area contributed by atoms with E-state index in [0.29, 0.717) is 30.0 Å². The SMILES string of the molecule is N[C@H](NC(=O)c1c(Cl)cc2c(c1Cl)CCN(C(=O)c1cc3ccccc3s1)C2)C(=O)O. The average Bonchev–Trinajstić information content (AvgIpc) is 3.16. The monoisotopic (exact) mass is 477 g/mol. The Kier molecular flexibility index (Phi) is 5.90. The molecule has 0 spiro atoms. The van der Waals surface area contributed by atoms with E-state index in [0.717, 1.165) is 15.6 Å². The Morgan fingerprint density at radius 3 is 2.65 bits per heavy atom. The molecule has 0 fully saturated rings. The highest BCUT2D eigenvalue weighted by Gasteiger charge is 2.29. The number of hydrogen-bond acceptors (Lipinski definition) is 5. The first-order valence-electron chi connectivity index (χ1n) is 9.33. The summed E-state index contributed by atoms with van der Waals surface area (Å²) in [5.74, 6) is -2.22. The second-order valence-electron chi connectivity index (χ2n) is 7.10. The minimum absolute atomic E-state index is 0.0249. The molecule has 1 aromatic heterocycles. The smallest absolute Gasteiger partial charge is 0.341 e. The molecule has 10 heteroatoms. The number of hydrogen-bond donors (Lipinski definition) is 3. The molecular weight excluding hydrogens is 461 g/mol. The number of carbonyl (C=O) groups is 3. The van der Waals surface area contributed by atoms with Crippen LogP contribution >= 0.6 is 34.5 Å². The Hall–Kier alpha value is -2.65. The third-order valence-corrected chi connectivity index (χ3v) is 6.93. The summed E-state index contributed by atoms with van der Waals surface area (Å²) in [6, 6.07) is 11.3. The van der Waals surface area contributed by atoms with Gasteiger partial charge >= 0.3 is 5.97 Å². The van der Waals surface area contributed by atoms with Gasteiger partial charge in [-0.25, -0.2) is 4.79 Å². The Morgan fingerprint density at radius 2 is 1.94 bits per heavy atom. The molecule has 7 nitrogen and oxygen atoms in total. The van der Waals surface area contributed by atoms with Crippen LogP contribution in [0.4, 0.5) is 0 Å². The molecule has 160 valence electrons. The van der Waals surface area contributed by atoms with Gasteiger partial charge in [0, 0.05) is 17.8 Å². The minimum atomic E-state index is -1.58. The number of fused-ring (bicyclic) bond motifs is 2. The summed E-state index contributed by atoms with van der Waals surface area (Å²) in [6.45, 7) is 0.732. The summed E-state index contributed by atoms with van der Waals surface area (Å²) in [4.78, 5) is 38.8. The zero-order chi connectivity index (χ0) is 22.3. The number of halogens is 2. The Balaban J connectivity index is 1.59. The van der Waals surface area contributed by atoms with Gasteiger partial charge in [0.05, 0.1) is 20.5 Å². The van der Waals surface area contributed by atoms with Gasteiger partial charge in [-0.05, 0) is 41.1 Å². The summed E-state index contributed by atoms with van der Waals surface area (Å²) in [6.07, 6.45) is -1.14. The molecule has 2 aromatic carbocycles. The number of carboxylic acid groups (broad SMARTS) is 1. The largest absolute Gasteiger partial charge is 0.479 e. The van der Waals surface area contributed by atoms with Crippen LogP contribution in [0.3, 0.4) is 0 Å². The Bertz CT molecular complexity index is 1190. The van der Waals surface area contributed by atoms with E-state index in [9.17, 15) is 14.4 Å². The maximum Gasteiger partial charge on any atom is 0.341 e. The summed E-state index contributed by atoms with van der Waals surface area (Å²) in [5.41, 5.74) is 6.80. The number of nitrogens with one attached hydrogen (secondary N) is 1. The van der Waals surface area contributed by atoms with E-state index in [1.165, 1.54) is 11.3 Å². The lowest BCUT2D eigenvalue weighted by Gasteiger charge is -2.30. The topological polar surface area (TPSA) is 113 Å². The molecule has 4 rings (SSSR count). The van der Waals surface area contributed by atoms with Crippen molar-refractivity contribution in [3.8, 4) is 0 Å². The molecule has 0 aliphatic carbocycles. The van der Waals surface area contributed by atoms with Crippen molar-refractivity contribution in [2.45, 2.75) is 19.1 Å². The van der Waals surface area contributed by atoms with Crippen molar-refractivity contribution in [1.29, 1.82) is 0 Å². The van der Waals surface area contributed by atoms with Gasteiger partial charge < -0.3 is 21.1 Å². The van der Waals surface area contributed by atoms with Crippen LogP contribution in [-0.2, 0) is 17.8 Å². The molecule has 31 heavy (non-hydrogen) atoms. The van der Waals surface area contributed by atoms with Crippen LogP contribution in [0.25, 0.3) is 10.1 Å². The predicted molar refractivity (Wildman–Crippen MR) is 120 cm³/mol. The van der Waals surface area contributed by atoms with Crippen molar-refractivity contribution in [2.24, 2.45) is 5.73 Å². The van der Waals surface area contributed by atoms with Crippen molar-refractivity contribution in [3.05, 3.63) is 68.0 Å². The van der Waals surface area contributed by atoms with Crippen molar-refractivity contribution < 1.29 is 19.5 Å². The maximum atomic E-state index is 13.0. The highest BCUT2D eigenvalue weighted by atomic mass is 35.5. The van der Waals surface area contributed by atoms with E-state index < -0.39 is 18.0 Å². The first kappa shape index (κ1) is 21.6. The number of amides is 2. The first-order chi connectivity index (χ1) is 14.8. The Labute approximate surface area is 191 Å². The maximum absolute atomic E-state index is 13.0. The molecule has 0 saturated carbocycles. The van der Waals surface area contributed by atoms with Crippen LogP contribution in [0.2, 0.25) is 10.0 Å². The Morgan fingerprint density at radius 1 is 1.19 bits per heavy atom. The number of aliphatic carboxylic acids is 1. The number of nitrogens with two attached hydrogens (primary N) is 1. The fourth-order valence-corrected chi connectivity index (χ4v) is 5.35. The lowest BCUT2D eigenvalue weighted by molar-refractivity contribution is -0.139. The van der Waals surface area contributed by atoms with E-state index >= 15 is 0 Å². The highest BCUT2D eigenvalue weighted by molar-refractivity contribution is 7.20. The van der Waals surface area contributed by atoms with Crippen molar-refractivity contribution in [3.63, 3.8) is 0 Å². The number of thiophene rings is 1. The molecule has 1 aliphatic heterocycles. The summed E-state index contributed by atoms with van der Waals surface area (Å²) in [7, 11) is 0. The van der Waals surface area contributed by atoms with E-state index in [2.05, 4.69) is 5.32 Å². The van der Waals surface area contributed by atoms with Gasteiger partial charge in [-0.1, -0.05) is 41.4 Å². The molecule has 0 bridgehead atoms. The standard InChI is InChI=1S/C21H17Cl2N3O4S/c22-13-7-11-9-26(20(28)15-8-10-3-1-2-4-14(10)31-15)6-5-12(11)17(23)16(13)19(27)25-18(24)21(29)30/h1-4,7-8,18H,5-6,9,24H2,(H,25,27)(H,29,30)/t18-/m1/s1. The van der Waals surface area contributed by atoms with Crippen LogP contribution in [0.15, 0.2) is 36.4 Å². The third kappa shape index (κ3) is 4.12. The predicted octanol–water partition coefficient (Wildman–Crippen LogP) is 3.51. The van der Waals surface area contributed by atoms with E-state index in [1.54, 1.807) is 11.0 Å². The molecule has 0 unspecified atom stereocenters. The van der Waals surface area contributed by atoms with Gasteiger partial charge in [-0.15, -0.1) is 11.3 Å². The van der Waals surface area contributed by atoms with Crippen LogP contribution in [0.5, 0.6) is 0 Å². The average molecular weight is 478 g/mol. The van der Waals surface area contributed by atoms with E-state index in [4.69, 9.17) is 34.0 Å². The number of rotatable bonds is 4. The van der Waals surface area contributed by atoms with E-state index in [-0.39, 0.29) is 21.5 Å². The third-order valence-electron chi connectivity index (χ3n) is 5.11. The van der Waals surface area contributed by atoms with E-state index in [1.807, 2.05) is 30.3 Å². The summed E-state index contributed by atoms with van der Waals surface area (Å²) < 4.78 is 1.05. The molecule has 0 radical (unpaired) electrons. The number of carbonyl (C=O) groups excluding carboxylic acids is 2. The van der Waals surface area contributed by atoms with Crippen molar-refractivity contribution in [2.75, 3.05) is 6.54 Å². The van der Waals surface area contributed by atoms with Gasteiger partial charge in [0.1, 0.15) is 0 Å². The number of benzene rings is 2. The number of nitrogens with zero attached hydrogens (tertiary/aromatic N) is 1. The van der Waals surface area contributed by atoms with Gasteiger partial charge in [-0.3, -0.25) is 9.59 Å². The van der Waals surface area contributed by atoms with Crippen LogP contribution in [0.1, 0.15) is 31.2 Å². The molecule has 2 amide bonds. The zero-order valence-electron chi connectivity index (χ0n) is 16.0.